The van der Waals surface area contributed by atoms with Crippen LogP contribution in [0, 0.1) is 0 Å². The number of hydrogen-bond acceptors (Lipinski definition) is 3. The lowest BCUT2D eigenvalue weighted by atomic mass is 10.2. The predicted octanol–water partition coefficient (Wildman–Crippen LogP) is 1.39. The Kier molecular flexibility index (Phi) is 3.25. The van der Waals surface area contributed by atoms with E-state index in [2.05, 4.69) is 15.9 Å². The summed E-state index contributed by atoms with van der Waals surface area (Å²) in [7, 11) is 0. The molecule has 0 aliphatic rings. The molecular weight excluding hydrogens is 240 g/mol. The summed E-state index contributed by atoms with van der Waals surface area (Å²) in [6.07, 6.45) is 0.201. The molecule has 4 N–H and O–H groups in total. The van der Waals surface area contributed by atoms with Crippen LogP contribution in [0.4, 0.5) is 0 Å². The first-order chi connectivity index (χ1) is 5.59. The van der Waals surface area contributed by atoms with Crippen LogP contribution >= 0.6 is 27.3 Å². The van der Waals surface area contributed by atoms with E-state index in [1.165, 1.54) is 11.3 Å². The lowest BCUT2D eigenvalue weighted by Crippen LogP contribution is -2.19. The monoisotopic (exact) mass is 248 g/mol. The van der Waals surface area contributed by atoms with Crippen molar-refractivity contribution >= 4 is 33.2 Å². The fourth-order valence-electron chi connectivity index (χ4n) is 0.845. The molecule has 3 nitrogen and oxygen atoms in total. The molecule has 0 bridgehead atoms. The highest BCUT2D eigenvalue weighted by Crippen LogP contribution is 2.27. The van der Waals surface area contributed by atoms with Crippen molar-refractivity contribution in [3.8, 4) is 0 Å². The Morgan fingerprint density at radius 2 is 2.33 bits per heavy atom. The summed E-state index contributed by atoms with van der Waals surface area (Å²) < 4.78 is 1.01. The van der Waals surface area contributed by atoms with Crippen LogP contribution < -0.4 is 11.5 Å². The number of hydrogen-bond donors (Lipinski definition) is 2. The maximum atomic E-state index is 10.5. The summed E-state index contributed by atoms with van der Waals surface area (Å²) in [5.41, 5.74) is 10.7. The van der Waals surface area contributed by atoms with Gasteiger partial charge in [-0.2, -0.15) is 0 Å². The van der Waals surface area contributed by atoms with Gasteiger partial charge < -0.3 is 11.5 Å². The second-order valence-corrected chi connectivity index (χ2v) is 4.91. The van der Waals surface area contributed by atoms with Gasteiger partial charge in [0.2, 0.25) is 5.91 Å². The highest BCUT2D eigenvalue weighted by atomic mass is 79.9. The van der Waals surface area contributed by atoms with Crippen LogP contribution in [-0.4, -0.2) is 5.91 Å². The van der Waals surface area contributed by atoms with Crippen LogP contribution in [0.15, 0.2) is 15.9 Å². The van der Waals surface area contributed by atoms with Crippen molar-refractivity contribution in [2.24, 2.45) is 11.5 Å². The van der Waals surface area contributed by atoms with Gasteiger partial charge in [-0.25, -0.2) is 0 Å². The fraction of sp³-hybridized carbons (Fsp3) is 0.286. The van der Waals surface area contributed by atoms with E-state index in [1.54, 1.807) is 0 Å². The van der Waals surface area contributed by atoms with Crippen LogP contribution in [0.25, 0.3) is 0 Å². The fourth-order valence-corrected chi connectivity index (χ4v) is 2.27. The van der Waals surface area contributed by atoms with Crippen LogP contribution in [0.3, 0.4) is 0 Å². The number of carbonyl (C=O) groups excluding carboxylic acids is 1. The first-order valence-electron chi connectivity index (χ1n) is 3.38. The molecule has 0 spiro atoms. The zero-order chi connectivity index (χ0) is 9.14. The van der Waals surface area contributed by atoms with Crippen LogP contribution in [0.1, 0.15) is 17.3 Å². The van der Waals surface area contributed by atoms with Gasteiger partial charge in [0.25, 0.3) is 0 Å². The molecule has 0 saturated heterocycles. The molecule has 0 radical (unpaired) electrons. The Bertz CT molecular complexity index is 287. The van der Waals surface area contributed by atoms with E-state index in [0.717, 1.165) is 8.66 Å². The predicted molar refractivity (Wildman–Crippen MR) is 52.8 cm³/mol. The van der Waals surface area contributed by atoms with E-state index in [9.17, 15) is 4.79 Å². The van der Waals surface area contributed by atoms with Crippen molar-refractivity contribution < 1.29 is 4.79 Å². The molecule has 0 aromatic carbocycles. The maximum Gasteiger partial charge on any atom is 0.219 e. The summed E-state index contributed by atoms with van der Waals surface area (Å²) >= 11 is 4.84. The summed E-state index contributed by atoms with van der Waals surface area (Å²) in [5.74, 6) is -0.368. The molecule has 0 saturated carbocycles. The van der Waals surface area contributed by atoms with Crippen LogP contribution in [0.5, 0.6) is 0 Å². The molecule has 1 rings (SSSR count). The zero-order valence-electron chi connectivity index (χ0n) is 6.29. The summed E-state index contributed by atoms with van der Waals surface area (Å²) in [6.45, 7) is 0. The van der Waals surface area contributed by atoms with Crippen molar-refractivity contribution in [3.63, 3.8) is 0 Å². The van der Waals surface area contributed by atoms with Gasteiger partial charge in [0.05, 0.1) is 3.79 Å². The molecular formula is C7H9BrN2OS. The number of primary amides is 1. The Balaban J connectivity index is 2.64. The minimum Gasteiger partial charge on any atom is -0.370 e. The zero-order valence-corrected chi connectivity index (χ0v) is 8.69. The van der Waals surface area contributed by atoms with Gasteiger partial charge in [-0.1, -0.05) is 0 Å². The second kappa shape index (κ2) is 4.02. The molecule has 1 atom stereocenters. The first kappa shape index (κ1) is 9.70. The molecule has 1 aromatic heterocycles. The normalized spacial score (nSPS) is 12.8. The number of carbonyl (C=O) groups is 1. The number of amides is 1. The average Bonchev–Trinajstić information content (AvgIpc) is 2.34. The highest BCUT2D eigenvalue weighted by molar-refractivity contribution is 9.11. The van der Waals surface area contributed by atoms with E-state index >= 15 is 0 Å². The van der Waals surface area contributed by atoms with Crippen molar-refractivity contribution in [2.45, 2.75) is 12.5 Å². The average molecular weight is 249 g/mol. The summed E-state index contributed by atoms with van der Waals surface area (Å²) in [5, 5.41) is 0. The molecule has 0 aliphatic heterocycles. The van der Waals surface area contributed by atoms with E-state index in [4.69, 9.17) is 11.5 Å². The lowest BCUT2D eigenvalue weighted by Gasteiger charge is -2.04. The Morgan fingerprint density at radius 1 is 1.67 bits per heavy atom. The molecule has 0 unspecified atom stereocenters. The molecule has 12 heavy (non-hydrogen) atoms. The third kappa shape index (κ3) is 2.58. The smallest absolute Gasteiger partial charge is 0.219 e. The number of nitrogens with two attached hydrogens (primary N) is 2. The first-order valence-corrected chi connectivity index (χ1v) is 4.99. The van der Waals surface area contributed by atoms with Crippen molar-refractivity contribution in [3.05, 3.63) is 20.8 Å². The van der Waals surface area contributed by atoms with Crippen LogP contribution in [0.2, 0.25) is 0 Å². The minimum absolute atomic E-state index is 0.201. The van der Waals surface area contributed by atoms with Crippen molar-refractivity contribution in [1.29, 1.82) is 0 Å². The lowest BCUT2D eigenvalue weighted by molar-refractivity contribution is -0.118. The Morgan fingerprint density at radius 3 is 2.75 bits per heavy atom. The van der Waals surface area contributed by atoms with E-state index in [1.807, 2.05) is 12.1 Å². The highest BCUT2D eigenvalue weighted by Gasteiger charge is 2.10. The second-order valence-electron chi connectivity index (χ2n) is 2.42. The number of rotatable bonds is 3. The minimum atomic E-state index is -0.368. The Hall–Kier alpha value is -0.390. The topological polar surface area (TPSA) is 69.1 Å². The summed E-state index contributed by atoms with van der Waals surface area (Å²) in [6, 6.07) is 3.53. The van der Waals surface area contributed by atoms with Crippen LogP contribution in [-0.2, 0) is 4.79 Å². The van der Waals surface area contributed by atoms with Gasteiger partial charge in [-0.15, -0.1) is 11.3 Å². The molecule has 0 aliphatic carbocycles. The SMILES string of the molecule is NC(=O)C[C@@H](N)c1ccc(Br)s1. The van der Waals surface area contributed by atoms with E-state index < -0.39 is 0 Å². The maximum absolute atomic E-state index is 10.5. The molecule has 0 fully saturated rings. The van der Waals surface area contributed by atoms with E-state index in [-0.39, 0.29) is 18.4 Å². The standard InChI is InChI=1S/C7H9BrN2OS/c8-6-2-1-5(12-6)4(9)3-7(10)11/h1-2,4H,3,9H2,(H2,10,11)/t4-/m1/s1. The van der Waals surface area contributed by atoms with Gasteiger partial charge in [-0.05, 0) is 28.1 Å². The van der Waals surface area contributed by atoms with E-state index in [0.29, 0.717) is 0 Å². The quantitative estimate of drug-likeness (QED) is 0.849. The van der Waals surface area contributed by atoms with Gasteiger partial charge in [0, 0.05) is 17.3 Å². The largest absolute Gasteiger partial charge is 0.370 e. The molecule has 5 heteroatoms. The Labute approximate surface area is 82.9 Å². The van der Waals surface area contributed by atoms with Crippen molar-refractivity contribution in [2.75, 3.05) is 0 Å². The van der Waals surface area contributed by atoms with Gasteiger partial charge >= 0.3 is 0 Å². The van der Waals surface area contributed by atoms with Gasteiger partial charge in [0.15, 0.2) is 0 Å². The molecule has 66 valence electrons. The van der Waals surface area contributed by atoms with Gasteiger partial charge in [0.1, 0.15) is 0 Å². The third-order valence-electron chi connectivity index (χ3n) is 1.38. The number of thiophene rings is 1. The molecule has 1 heterocycles. The number of halogens is 1. The third-order valence-corrected chi connectivity index (χ3v) is 3.14. The summed E-state index contributed by atoms with van der Waals surface area (Å²) in [4.78, 5) is 11.5. The van der Waals surface area contributed by atoms with Gasteiger partial charge in [-0.3, -0.25) is 4.79 Å². The molecule has 1 amide bonds. The molecule has 1 aromatic rings. The van der Waals surface area contributed by atoms with Crippen molar-refractivity contribution in [1.82, 2.24) is 0 Å².